The molecule has 1 heterocycles. The molecule has 1 saturated heterocycles. The number of carbonyl (C=O) groups is 1. The van der Waals surface area contributed by atoms with Crippen LogP contribution < -0.4 is 0 Å². The molecule has 1 fully saturated rings. The van der Waals surface area contributed by atoms with Gasteiger partial charge in [-0.05, 0) is 6.42 Å². The molecule has 1 aliphatic heterocycles. The van der Waals surface area contributed by atoms with Crippen LogP contribution in [-0.2, 0) is 0 Å². The Morgan fingerprint density at radius 2 is 1.67 bits per heavy atom. The smallest absolute Gasteiger partial charge is 0.246 e. The minimum Gasteiger partial charge on any atom is -0.246 e. The number of rotatable bonds is 0. The molecule has 0 radical (unpaired) electrons. The fourth-order valence-corrected chi connectivity index (χ4v) is 1.12. The first-order chi connectivity index (χ1) is 4.22. The summed E-state index contributed by atoms with van der Waals surface area (Å²) in [7, 11) is 0. The molecule has 0 N–H and O–H groups in total. The molecular weight excluding hydrogens is 163 g/mol. The summed E-state index contributed by atoms with van der Waals surface area (Å²) in [6, 6.07) is -0.329. The number of halogens is 2. The van der Waals surface area contributed by atoms with Crippen LogP contribution in [0.3, 0.4) is 0 Å². The molecule has 0 aromatic carbocycles. The van der Waals surface area contributed by atoms with Gasteiger partial charge in [0.15, 0.2) is 0 Å². The van der Waals surface area contributed by atoms with Gasteiger partial charge in [0.1, 0.15) is 0 Å². The predicted molar refractivity (Wildman–Crippen MR) is 35.1 cm³/mol. The number of carbonyl (C=O) groups excluding carboxylic acids is 1. The number of hydrogen-bond donors (Lipinski definition) is 0. The molecule has 0 aromatic rings. The largest absolute Gasteiger partial charge is 0.349 e. The lowest BCUT2D eigenvalue weighted by molar-refractivity contribution is 0.193. The Labute approximate surface area is 63.3 Å². The van der Waals surface area contributed by atoms with Gasteiger partial charge in [0.05, 0.1) is 0 Å². The van der Waals surface area contributed by atoms with Crippen LogP contribution in [0.1, 0.15) is 6.42 Å². The maximum atomic E-state index is 10.7. The second-order valence-corrected chi connectivity index (χ2v) is 2.62. The van der Waals surface area contributed by atoms with Crippen molar-refractivity contribution in [3.63, 3.8) is 0 Å². The third-order valence-corrected chi connectivity index (χ3v) is 1.75. The van der Waals surface area contributed by atoms with Crippen molar-refractivity contribution in [2.75, 3.05) is 13.1 Å². The molecule has 0 atom stereocenters. The second-order valence-electron chi connectivity index (χ2n) is 1.81. The topological polar surface area (TPSA) is 23.6 Å². The highest BCUT2D eigenvalue weighted by atomic mass is 35.5. The molecule has 3 nitrogen and oxygen atoms in total. The zero-order chi connectivity index (χ0) is 6.85. The Hall–Kier alpha value is -0.150. The number of nitrogens with zero attached hydrogens (tertiary/aromatic N) is 2. The molecule has 0 bridgehead atoms. The quantitative estimate of drug-likeness (QED) is 0.503. The third-order valence-electron chi connectivity index (χ3n) is 1.12. The molecule has 1 rings (SSSR count). The first-order valence-electron chi connectivity index (χ1n) is 2.62. The van der Waals surface area contributed by atoms with Gasteiger partial charge in [-0.3, -0.25) is 0 Å². The Balaban J connectivity index is 2.52. The zero-order valence-electron chi connectivity index (χ0n) is 4.68. The van der Waals surface area contributed by atoms with E-state index in [9.17, 15) is 4.79 Å². The van der Waals surface area contributed by atoms with Crippen LogP contribution in [-0.4, -0.2) is 28.0 Å². The van der Waals surface area contributed by atoms with Crippen molar-refractivity contribution in [3.05, 3.63) is 0 Å². The van der Waals surface area contributed by atoms with Crippen LogP contribution >= 0.6 is 23.6 Å². The summed E-state index contributed by atoms with van der Waals surface area (Å²) in [5, 5.41) is 0. The van der Waals surface area contributed by atoms with E-state index in [2.05, 4.69) is 0 Å². The van der Waals surface area contributed by atoms with Crippen LogP contribution in [0.5, 0.6) is 0 Å². The summed E-state index contributed by atoms with van der Waals surface area (Å²) < 4.78 is 2.16. The highest BCUT2D eigenvalue weighted by Gasteiger charge is 2.22. The molecule has 0 aromatic heterocycles. The minimum absolute atomic E-state index is 0.329. The first-order valence-corrected chi connectivity index (χ1v) is 3.30. The van der Waals surface area contributed by atoms with Gasteiger partial charge in [0.2, 0.25) is 0 Å². The molecule has 1 aliphatic rings. The molecule has 9 heavy (non-hydrogen) atoms. The molecule has 0 unspecified atom stereocenters. The van der Waals surface area contributed by atoms with E-state index in [0.29, 0.717) is 13.1 Å². The predicted octanol–water partition coefficient (Wildman–Crippen LogP) is 1.42. The maximum absolute atomic E-state index is 10.7. The lowest BCUT2D eigenvalue weighted by Crippen LogP contribution is -2.39. The Kier molecular flexibility index (Phi) is 2.03. The van der Waals surface area contributed by atoms with Crippen molar-refractivity contribution in [1.29, 1.82) is 0 Å². The summed E-state index contributed by atoms with van der Waals surface area (Å²) in [6.45, 7) is 1.17. The molecule has 2 amide bonds. The standard InChI is InChI=1S/C4H6Cl2N2O/c5-7-2-1-3-8(6)4(7)9/h1-3H2. The third kappa shape index (κ3) is 1.40. The number of amides is 2. The van der Waals surface area contributed by atoms with E-state index < -0.39 is 0 Å². The van der Waals surface area contributed by atoms with E-state index in [4.69, 9.17) is 23.6 Å². The molecular formula is C4H6Cl2N2O. The molecule has 0 aliphatic carbocycles. The van der Waals surface area contributed by atoms with Crippen LogP contribution in [0, 0.1) is 0 Å². The molecule has 0 saturated carbocycles. The summed E-state index contributed by atoms with van der Waals surface area (Å²) in [6.07, 6.45) is 0.832. The van der Waals surface area contributed by atoms with Gasteiger partial charge in [0, 0.05) is 36.6 Å². The van der Waals surface area contributed by atoms with Crippen molar-refractivity contribution in [2.45, 2.75) is 6.42 Å². The molecule has 52 valence electrons. The van der Waals surface area contributed by atoms with Gasteiger partial charge in [-0.1, -0.05) is 0 Å². The Bertz CT molecular complexity index is 118. The summed E-state index contributed by atoms with van der Waals surface area (Å²) in [4.78, 5) is 10.7. The van der Waals surface area contributed by atoms with E-state index in [-0.39, 0.29) is 6.03 Å². The zero-order valence-corrected chi connectivity index (χ0v) is 6.19. The van der Waals surface area contributed by atoms with E-state index in [0.717, 1.165) is 15.3 Å². The SMILES string of the molecule is O=C1N(Cl)CCCN1Cl. The van der Waals surface area contributed by atoms with Gasteiger partial charge in [-0.2, -0.15) is 0 Å². The summed E-state index contributed by atoms with van der Waals surface area (Å²) in [5.74, 6) is 0. The summed E-state index contributed by atoms with van der Waals surface area (Å²) in [5.41, 5.74) is 0. The van der Waals surface area contributed by atoms with Crippen LogP contribution in [0.2, 0.25) is 0 Å². The van der Waals surface area contributed by atoms with Crippen LogP contribution in [0.4, 0.5) is 4.79 Å². The van der Waals surface area contributed by atoms with E-state index in [1.807, 2.05) is 0 Å². The molecule has 0 spiro atoms. The van der Waals surface area contributed by atoms with Crippen molar-refractivity contribution < 1.29 is 4.79 Å². The average molecular weight is 169 g/mol. The van der Waals surface area contributed by atoms with Gasteiger partial charge in [-0.25, -0.2) is 13.6 Å². The van der Waals surface area contributed by atoms with Gasteiger partial charge in [0.25, 0.3) is 0 Å². The first kappa shape index (κ1) is 6.96. The highest BCUT2D eigenvalue weighted by molar-refractivity contribution is 6.27. The molecule has 5 heteroatoms. The van der Waals surface area contributed by atoms with Crippen molar-refractivity contribution in [3.8, 4) is 0 Å². The Morgan fingerprint density at radius 3 is 2.00 bits per heavy atom. The number of hydrogen-bond acceptors (Lipinski definition) is 1. The van der Waals surface area contributed by atoms with Gasteiger partial charge >= 0.3 is 6.03 Å². The van der Waals surface area contributed by atoms with Crippen LogP contribution in [0.15, 0.2) is 0 Å². The lowest BCUT2D eigenvalue weighted by atomic mass is 10.4. The van der Waals surface area contributed by atoms with Gasteiger partial charge in [-0.15, -0.1) is 0 Å². The number of urea groups is 1. The van der Waals surface area contributed by atoms with Crippen LogP contribution in [0.25, 0.3) is 0 Å². The van der Waals surface area contributed by atoms with E-state index in [1.165, 1.54) is 0 Å². The Morgan fingerprint density at radius 1 is 1.22 bits per heavy atom. The average Bonchev–Trinajstić information content (AvgIpc) is 1.83. The monoisotopic (exact) mass is 168 g/mol. The van der Waals surface area contributed by atoms with Crippen molar-refractivity contribution >= 4 is 29.6 Å². The normalized spacial score (nSPS) is 20.9. The lowest BCUT2D eigenvalue weighted by Gasteiger charge is -2.25. The second kappa shape index (κ2) is 2.62. The van der Waals surface area contributed by atoms with E-state index in [1.54, 1.807) is 0 Å². The van der Waals surface area contributed by atoms with Gasteiger partial charge < -0.3 is 0 Å². The van der Waals surface area contributed by atoms with E-state index >= 15 is 0 Å². The fourth-order valence-electron chi connectivity index (χ4n) is 0.657. The highest BCUT2D eigenvalue weighted by Crippen LogP contribution is 2.12. The van der Waals surface area contributed by atoms with Crippen molar-refractivity contribution in [2.24, 2.45) is 0 Å². The maximum Gasteiger partial charge on any atom is 0.349 e. The van der Waals surface area contributed by atoms with Crippen molar-refractivity contribution in [1.82, 2.24) is 8.84 Å². The fraction of sp³-hybridized carbons (Fsp3) is 0.750. The summed E-state index contributed by atoms with van der Waals surface area (Å²) >= 11 is 10.8. The minimum atomic E-state index is -0.329.